The average molecular weight is 398 g/mol. The lowest BCUT2D eigenvalue weighted by Crippen LogP contribution is -2.28. The summed E-state index contributed by atoms with van der Waals surface area (Å²) in [6.45, 7) is 0.0374. The molecule has 24 heavy (non-hydrogen) atoms. The van der Waals surface area contributed by atoms with E-state index in [1.807, 2.05) is 0 Å². The zero-order valence-electron chi connectivity index (χ0n) is 11.9. The van der Waals surface area contributed by atoms with Crippen molar-refractivity contribution in [1.29, 1.82) is 0 Å². The Morgan fingerprint density at radius 2 is 1.79 bits per heavy atom. The number of hydrogen-bond donors (Lipinski definition) is 1. The standard InChI is InChI=1S/C15H10Cl3F3N2O/c16-10-7-11(17)13(18)23-12(10)5-6-22-14(24)8-3-1-2-4-9(8)15(19,20)21/h1-4,7H,5-6H2,(H,22,24). The monoisotopic (exact) mass is 396 g/mol. The molecule has 1 heterocycles. The summed E-state index contributed by atoms with van der Waals surface area (Å²) in [6.07, 6.45) is -4.42. The van der Waals surface area contributed by atoms with Gasteiger partial charge in [-0.25, -0.2) is 4.98 Å². The zero-order chi connectivity index (χ0) is 17.9. The normalized spacial score (nSPS) is 11.4. The molecule has 3 nitrogen and oxygen atoms in total. The fourth-order valence-corrected chi connectivity index (χ4v) is 2.58. The van der Waals surface area contributed by atoms with Crippen molar-refractivity contribution in [3.05, 3.63) is 62.4 Å². The second-order valence-electron chi connectivity index (χ2n) is 4.74. The Kier molecular flexibility index (Phi) is 5.96. The molecule has 0 saturated heterocycles. The van der Waals surface area contributed by atoms with Crippen molar-refractivity contribution in [3.8, 4) is 0 Å². The van der Waals surface area contributed by atoms with E-state index in [0.717, 1.165) is 12.1 Å². The molecular formula is C15H10Cl3F3N2O. The molecule has 2 aromatic rings. The summed E-state index contributed by atoms with van der Waals surface area (Å²) >= 11 is 17.5. The fourth-order valence-electron chi connectivity index (χ4n) is 1.97. The molecule has 0 atom stereocenters. The Morgan fingerprint density at radius 3 is 2.46 bits per heavy atom. The lowest BCUT2D eigenvalue weighted by atomic mass is 10.1. The Hall–Kier alpha value is -1.50. The third-order valence-electron chi connectivity index (χ3n) is 3.08. The molecule has 0 aliphatic rings. The molecule has 1 N–H and O–H groups in total. The number of nitrogens with one attached hydrogen (secondary N) is 1. The zero-order valence-corrected chi connectivity index (χ0v) is 14.2. The first-order chi connectivity index (χ1) is 11.2. The first-order valence-corrected chi connectivity index (χ1v) is 7.78. The molecule has 0 saturated carbocycles. The van der Waals surface area contributed by atoms with Gasteiger partial charge in [-0.1, -0.05) is 46.9 Å². The number of carbonyl (C=O) groups is 1. The molecule has 0 unspecified atom stereocenters. The Bertz CT molecular complexity index is 766. The van der Waals surface area contributed by atoms with Gasteiger partial charge in [0.05, 0.1) is 26.9 Å². The highest BCUT2D eigenvalue weighted by Gasteiger charge is 2.34. The van der Waals surface area contributed by atoms with Crippen LogP contribution in [0.2, 0.25) is 15.2 Å². The van der Waals surface area contributed by atoms with E-state index in [9.17, 15) is 18.0 Å². The Labute approximate surface area is 150 Å². The third kappa shape index (κ3) is 4.53. The molecule has 1 aromatic heterocycles. The first kappa shape index (κ1) is 18.8. The van der Waals surface area contributed by atoms with Crippen LogP contribution in [0.15, 0.2) is 30.3 Å². The lowest BCUT2D eigenvalue weighted by molar-refractivity contribution is -0.137. The second-order valence-corrected chi connectivity index (χ2v) is 5.91. The number of rotatable bonds is 4. The van der Waals surface area contributed by atoms with Crippen LogP contribution in [0.25, 0.3) is 0 Å². The van der Waals surface area contributed by atoms with Gasteiger partial charge in [0.25, 0.3) is 5.91 Å². The van der Waals surface area contributed by atoms with E-state index < -0.39 is 23.2 Å². The highest BCUT2D eigenvalue weighted by Crippen LogP contribution is 2.31. The number of carbonyl (C=O) groups excluding carboxylic acids is 1. The summed E-state index contributed by atoms with van der Waals surface area (Å²) in [6, 6.07) is 5.96. The molecule has 0 aliphatic carbocycles. The van der Waals surface area contributed by atoms with Gasteiger partial charge in [-0.3, -0.25) is 4.79 Å². The van der Waals surface area contributed by atoms with Gasteiger partial charge in [0.2, 0.25) is 0 Å². The van der Waals surface area contributed by atoms with Gasteiger partial charge in [0, 0.05) is 13.0 Å². The highest BCUT2D eigenvalue weighted by molar-refractivity contribution is 6.42. The van der Waals surface area contributed by atoms with Gasteiger partial charge in [0.15, 0.2) is 0 Å². The van der Waals surface area contributed by atoms with Gasteiger partial charge in [-0.2, -0.15) is 13.2 Å². The average Bonchev–Trinajstić information content (AvgIpc) is 2.51. The van der Waals surface area contributed by atoms with E-state index in [0.29, 0.717) is 5.69 Å². The SMILES string of the molecule is O=C(NCCc1nc(Cl)c(Cl)cc1Cl)c1ccccc1C(F)(F)F. The van der Waals surface area contributed by atoms with Crippen molar-refractivity contribution < 1.29 is 18.0 Å². The summed E-state index contributed by atoms with van der Waals surface area (Å²) in [5.41, 5.74) is -1.05. The van der Waals surface area contributed by atoms with Crippen LogP contribution in [0.4, 0.5) is 13.2 Å². The number of amides is 1. The summed E-state index contributed by atoms with van der Waals surface area (Å²) < 4.78 is 38.7. The van der Waals surface area contributed by atoms with Crippen LogP contribution in [-0.2, 0) is 12.6 Å². The lowest BCUT2D eigenvalue weighted by Gasteiger charge is -2.12. The van der Waals surface area contributed by atoms with Gasteiger partial charge in [0.1, 0.15) is 5.15 Å². The topological polar surface area (TPSA) is 42.0 Å². The summed E-state index contributed by atoms with van der Waals surface area (Å²) in [5.74, 6) is -0.834. The number of halogens is 6. The van der Waals surface area contributed by atoms with E-state index in [1.54, 1.807) is 0 Å². The van der Waals surface area contributed by atoms with E-state index in [1.165, 1.54) is 18.2 Å². The number of nitrogens with zero attached hydrogens (tertiary/aromatic N) is 1. The summed E-state index contributed by atoms with van der Waals surface area (Å²) in [4.78, 5) is 16.0. The van der Waals surface area contributed by atoms with Crippen LogP contribution in [0.1, 0.15) is 21.6 Å². The molecule has 1 aromatic carbocycles. The van der Waals surface area contributed by atoms with Crippen LogP contribution in [-0.4, -0.2) is 17.4 Å². The molecule has 0 spiro atoms. The minimum Gasteiger partial charge on any atom is -0.352 e. The smallest absolute Gasteiger partial charge is 0.352 e. The van der Waals surface area contributed by atoms with Crippen LogP contribution in [0, 0.1) is 0 Å². The number of pyridine rings is 1. The summed E-state index contributed by atoms with van der Waals surface area (Å²) in [7, 11) is 0. The number of alkyl halides is 3. The van der Waals surface area contributed by atoms with Crippen LogP contribution in [0.5, 0.6) is 0 Å². The number of hydrogen-bond acceptors (Lipinski definition) is 2. The van der Waals surface area contributed by atoms with Crippen molar-refractivity contribution in [2.45, 2.75) is 12.6 Å². The predicted octanol–water partition coefficient (Wildman–Crippen LogP) is 5.03. The van der Waals surface area contributed by atoms with Gasteiger partial charge in [-0.05, 0) is 18.2 Å². The highest BCUT2D eigenvalue weighted by atomic mass is 35.5. The van der Waals surface area contributed by atoms with Crippen molar-refractivity contribution in [1.82, 2.24) is 10.3 Å². The van der Waals surface area contributed by atoms with E-state index in [4.69, 9.17) is 34.8 Å². The quantitative estimate of drug-likeness (QED) is 0.735. The van der Waals surface area contributed by atoms with Gasteiger partial charge < -0.3 is 5.32 Å². The molecule has 0 bridgehead atoms. The van der Waals surface area contributed by atoms with Crippen molar-refractivity contribution in [2.75, 3.05) is 6.54 Å². The predicted molar refractivity (Wildman–Crippen MR) is 86.7 cm³/mol. The van der Waals surface area contributed by atoms with Crippen molar-refractivity contribution >= 4 is 40.7 Å². The van der Waals surface area contributed by atoms with E-state index in [2.05, 4.69) is 10.3 Å². The van der Waals surface area contributed by atoms with Gasteiger partial charge in [-0.15, -0.1) is 0 Å². The second kappa shape index (κ2) is 7.59. The number of benzene rings is 1. The fraction of sp³-hybridized carbons (Fsp3) is 0.200. The maximum absolute atomic E-state index is 12.9. The maximum atomic E-state index is 12.9. The largest absolute Gasteiger partial charge is 0.417 e. The van der Waals surface area contributed by atoms with Crippen LogP contribution < -0.4 is 5.32 Å². The van der Waals surface area contributed by atoms with Gasteiger partial charge >= 0.3 is 6.18 Å². The van der Waals surface area contributed by atoms with Crippen molar-refractivity contribution in [3.63, 3.8) is 0 Å². The molecule has 128 valence electrons. The van der Waals surface area contributed by atoms with Crippen molar-refractivity contribution in [2.24, 2.45) is 0 Å². The van der Waals surface area contributed by atoms with Crippen LogP contribution >= 0.6 is 34.8 Å². The van der Waals surface area contributed by atoms with E-state index in [-0.39, 0.29) is 28.2 Å². The molecule has 1 amide bonds. The van der Waals surface area contributed by atoms with Crippen LogP contribution in [0.3, 0.4) is 0 Å². The van der Waals surface area contributed by atoms with E-state index >= 15 is 0 Å². The Morgan fingerprint density at radius 1 is 1.12 bits per heavy atom. The first-order valence-electron chi connectivity index (χ1n) is 6.65. The minimum atomic E-state index is -4.61. The third-order valence-corrected chi connectivity index (χ3v) is 4.08. The molecule has 0 radical (unpaired) electrons. The molecule has 0 fully saturated rings. The molecule has 9 heteroatoms. The molecule has 0 aliphatic heterocycles. The minimum absolute atomic E-state index is 0.0374. The Balaban J connectivity index is 2.06. The summed E-state index contributed by atoms with van der Waals surface area (Å²) in [5, 5.41) is 2.91. The molecule has 2 rings (SSSR count). The molecular weight excluding hydrogens is 388 g/mol. The number of aromatic nitrogens is 1. The maximum Gasteiger partial charge on any atom is 0.417 e.